The van der Waals surface area contributed by atoms with Crippen LogP contribution in [0, 0.1) is 0 Å². The Balaban J connectivity index is 1.52. The van der Waals surface area contributed by atoms with Gasteiger partial charge in [-0.1, -0.05) is 23.7 Å². The fourth-order valence-electron chi connectivity index (χ4n) is 3.27. The van der Waals surface area contributed by atoms with Gasteiger partial charge in [-0.15, -0.1) is 0 Å². The number of halogens is 1. The molecule has 0 aliphatic carbocycles. The van der Waals surface area contributed by atoms with Gasteiger partial charge in [0.1, 0.15) is 0 Å². The smallest absolute Gasteiger partial charge is 0.0832 e. The van der Waals surface area contributed by atoms with Gasteiger partial charge in [0.05, 0.1) is 18.3 Å². The van der Waals surface area contributed by atoms with Crippen LogP contribution in [0.2, 0.25) is 5.02 Å². The Morgan fingerprint density at radius 1 is 1.30 bits per heavy atom. The molecule has 0 N–H and O–H groups in total. The van der Waals surface area contributed by atoms with Crippen molar-refractivity contribution in [2.24, 2.45) is 0 Å². The van der Waals surface area contributed by atoms with Gasteiger partial charge >= 0.3 is 0 Å². The first-order chi connectivity index (χ1) is 9.69. The molecule has 2 saturated heterocycles. The first-order valence-corrected chi connectivity index (χ1v) is 7.70. The van der Waals surface area contributed by atoms with Crippen molar-refractivity contribution in [1.82, 2.24) is 4.90 Å². The lowest BCUT2D eigenvalue weighted by Crippen LogP contribution is -2.43. The van der Waals surface area contributed by atoms with Crippen LogP contribution >= 0.6 is 11.6 Å². The van der Waals surface area contributed by atoms with E-state index in [2.05, 4.69) is 17.0 Å². The van der Waals surface area contributed by atoms with Crippen LogP contribution in [0.15, 0.2) is 24.3 Å². The number of hydrogen-bond acceptors (Lipinski definition) is 3. The average molecular weight is 296 g/mol. The standard InChI is InChI=1S/C16H22ClNO2/c1-19-15-10-16(20-12-15)6-8-18(9-7-16)11-13-2-4-14(17)5-3-13/h2-5,15H,6-12H2,1H3/t15-/m1/s1. The molecule has 3 nitrogen and oxygen atoms in total. The van der Waals surface area contributed by atoms with Gasteiger partial charge in [-0.25, -0.2) is 0 Å². The van der Waals surface area contributed by atoms with E-state index >= 15 is 0 Å². The van der Waals surface area contributed by atoms with Crippen molar-refractivity contribution in [2.45, 2.75) is 37.5 Å². The minimum Gasteiger partial charge on any atom is -0.379 e. The molecule has 0 aromatic heterocycles. The minimum absolute atomic E-state index is 0.0805. The molecule has 20 heavy (non-hydrogen) atoms. The predicted molar refractivity (Wildman–Crippen MR) is 80.1 cm³/mol. The lowest BCUT2D eigenvalue weighted by Gasteiger charge is -2.38. The quantitative estimate of drug-likeness (QED) is 0.855. The summed E-state index contributed by atoms with van der Waals surface area (Å²) >= 11 is 5.92. The minimum atomic E-state index is 0.0805. The molecule has 0 amide bonds. The average Bonchev–Trinajstić information content (AvgIpc) is 2.87. The highest BCUT2D eigenvalue weighted by molar-refractivity contribution is 6.30. The van der Waals surface area contributed by atoms with Crippen LogP contribution in [-0.2, 0) is 16.0 Å². The highest BCUT2D eigenvalue weighted by atomic mass is 35.5. The van der Waals surface area contributed by atoms with E-state index < -0.39 is 0 Å². The van der Waals surface area contributed by atoms with E-state index in [0.29, 0.717) is 0 Å². The molecule has 2 fully saturated rings. The molecule has 1 aromatic carbocycles. The number of piperidine rings is 1. The Bertz CT molecular complexity index is 440. The van der Waals surface area contributed by atoms with Gasteiger partial charge in [0, 0.05) is 38.2 Å². The summed E-state index contributed by atoms with van der Waals surface area (Å²) < 4.78 is 11.5. The maximum absolute atomic E-state index is 6.03. The SMILES string of the molecule is CO[C@H]1COC2(CCN(Cc3ccc(Cl)cc3)CC2)C1. The van der Waals surface area contributed by atoms with Gasteiger partial charge in [0.25, 0.3) is 0 Å². The highest BCUT2D eigenvalue weighted by Crippen LogP contribution is 2.37. The van der Waals surface area contributed by atoms with Crippen LogP contribution in [-0.4, -0.2) is 43.4 Å². The van der Waals surface area contributed by atoms with Gasteiger partial charge in [0.15, 0.2) is 0 Å². The van der Waals surface area contributed by atoms with Gasteiger partial charge < -0.3 is 9.47 Å². The summed E-state index contributed by atoms with van der Waals surface area (Å²) in [4.78, 5) is 2.50. The number of rotatable bonds is 3. The van der Waals surface area contributed by atoms with Crippen molar-refractivity contribution in [1.29, 1.82) is 0 Å². The summed E-state index contributed by atoms with van der Waals surface area (Å²) in [6.07, 6.45) is 3.57. The largest absolute Gasteiger partial charge is 0.379 e. The van der Waals surface area contributed by atoms with Gasteiger partial charge in [-0.05, 0) is 30.5 Å². The summed E-state index contributed by atoms with van der Waals surface area (Å²) in [7, 11) is 1.78. The Hall–Kier alpha value is -0.610. The first-order valence-electron chi connectivity index (χ1n) is 7.33. The van der Waals surface area contributed by atoms with Crippen LogP contribution in [0.25, 0.3) is 0 Å². The number of methoxy groups -OCH3 is 1. The monoisotopic (exact) mass is 295 g/mol. The van der Waals surface area contributed by atoms with E-state index in [1.807, 2.05) is 12.1 Å². The Kier molecular flexibility index (Phi) is 4.32. The van der Waals surface area contributed by atoms with E-state index in [9.17, 15) is 0 Å². The summed E-state index contributed by atoms with van der Waals surface area (Å²) in [5.74, 6) is 0. The zero-order chi connectivity index (χ0) is 14.0. The van der Waals surface area contributed by atoms with E-state index in [0.717, 1.165) is 50.5 Å². The molecule has 0 saturated carbocycles. The van der Waals surface area contributed by atoms with E-state index in [-0.39, 0.29) is 11.7 Å². The number of nitrogens with zero attached hydrogens (tertiary/aromatic N) is 1. The molecule has 4 heteroatoms. The Morgan fingerprint density at radius 2 is 2.00 bits per heavy atom. The topological polar surface area (TPSA) is 21.7 Å². The van der Waals surface area contributed by atoms with Crippen LogP contribution in [0.3, 0.4) is 0 Å². The molecule has 2 heterocycles. The Labute approximate surface area is 125 Å². The van der Waals surface area contributed by atoms with Crippen molar-refractivity contribution < 1.29 is 9.47 Å². The fourth-order valence-corrected chi connectivity index (χ4v) is 3.39. The molecule has 2 aliphatic heterocycles. The lowest BCUT2D eigenvalue weighted by molar-refractivity contribution is -0.0460. The van der Waals surface area contributed by atoms with Crippen LogP contribution in [0.4, 0.5) is 0 Å². The molecular weight excluding hydrogens is 274 g/mol. The highest BCUT2D eigenvalue weighted by Gasteiger charge is 2.42. The van der Waals surface area contributed by atoms with Gasteiger partial charge in [0.2, 0.25) is 0 Å². The first kappa shape index (κ1) is 14.3. The Morgan fingerprint density at radius 3 is 2.60 bits per heavy atom. The third kappa shape index (κ3) is 3.17. The van der Waals surface area contributed by atoms with Crippen molar-refractivity contribution in [2.75, 3.05) is 26.8 Å². The predicted octanol–water partition coefficient (Wildman–Crippen LogP) is 3.11. The molecular formula is C16H22ClNO2. The maximum Gasteiger partial charge on any atom is 0.0832 e. The maximum atomic E-state index is 6.03. The van der Waals surface area contributed by atoms with E-state index in [1.54, 1.807) is 7.11 Å². The van der Waals surface area contributed by atoms with Crippen LogP contribution in [0.1, 0.15) is 24.8 Å². The summed E-state index contributed by atoms with van der Waals surface area (Å²) in [5.41, 5.74) is 1.41. The molecule has 0 radical (unpaired) electrons. The van der Waals surface area contributed by atoms with Crippen molar-refractivity contribution in [3.8, 4) is 0 Å². The summed E-state index contributed by atoms with van der Waals surface area (Å²) in [6.45, 7) is 3.95. The fraction of sp³-hybridized carbons (Fsp3) is 0.625. The second kappa shape index (κ2) is 6.02. The van der Waals surface area contributed by atoms with Crippen LogP contribution < -0.4 is 0 Å². The molecule has 0 bridgehead atoms. The van der Waals surface area contributed by atoms with E-state index in [1.165, 1.54) is 5.56 Å². The summed E-state index contributed by atoms with van der Waals surface area (Å²) in [5, 5.41) is 0.802. The number of likely N-dealkylation sites (tertiary alicyclic amines) is 1. The second-order valence-electron chi connectivity index (χ2n) is 5.96. The van der Waals surface area contributed by atoms with Gasteiger partial charge in [-0.2, -0.15) is 0 Å². The zero-order valence-electron chi connectivity index (χ0n) is 12.0. The second-order valence-corrected chi connectivity index (χ2v) is 6.39. The number of benzene rings is 1. The molecule has 1 aromatic rings. The van der Waals surface area contributed by atoms with Crippen molar-refractivity contribution in [3.05, 3.63) is 34.9 Å². The number of ether oxygens (including phenoxy) is 2. The normalized spacial score (nSPS) is 26.2. The van der Waals surface area contributed by atoms with Gasteiger partial charge in [-0.3, -0.25) is 4.90 Å². The molecule has 110 valence electrons. The molecule has 1 spiro atoms. The molecule has 3 rings (SSSR count). The third-order valence-electron chi connectivity index (χ3n) is 4.60. The number of hydrogen-bond donors (Lipinski definition) is 0. The lowest BCUT2D eigenvalue weighted by atomic mass is 9.88. The molecule has 0 unspecified atom stereocenters. The molecule has 2 aliphatic rings. The van der Waals surface area contributed by atoms with Crippen molar-refractivity contribution in [3.63, 3.8) is 0 Å². The van der Waals surface area contributed by atoms with E-state index in [4.69, 9.17) is 21.1 Å². The van der Waals surface area contributed by atoms with Crippen LogP contribution in [0.5, 0.6) is 0 Å². The third-order valence-corrected chi connectivity index (χ3v) is 4.85. The molecule has 1 atom stereocenters. The zero-order valence-corrected chi connectivity index (χ0v) is 12.7. The van der Waals surface area contributed by atoms with Crippen molar-refractivity contribution >= 4 is 11.6 Å². The summed E-state index contributed by atoms with van der Waals surface area (Å²) in [6, 6.07) is 8.15.